The van der Waals surface area contributed by atoms with Gasteiger partial charge in [-0.1, -0.05) is 18.5 Å². The summed E-state index contributed by atoms with van der Waals surface area (Å²) < 4.78 is 5.18. The van der Waals surface area contributed by atoms with Gasteiger partial charge in [-0.15, -0.1) is 0 Å². The van der Waals surface area contributed by atoms with E-state index in [0.717, 1.165) is 25.1 Å². The predicted octanol–water partition coefficient (Wildman–Crippen LogP) is 2.29. The Morgan fingerprint density at radius 2 is 2.31 bits per heavy atom. The van der Waals surface area contributed by atoms with Crippen molar-refractivity contribution in [1.82, 2.24) is 10.3 Å². The van der Waals surface area contributed by atoms with Crippen LogP contribution in [0.3, 0.4) is 0 Å². The summed E-state index contributed by atoms with van der Waals surface area (Å²) in [5.74, 6) is 0. The molecular weight excluding hydrogens is 224 g/mol. The first-order valence-electron chi connectivity index (χ1n) is 5.59. The van der Waals surface area contributed by atoms with Crippen LogP contribution in [-0.4, -0.2) is 31.3 Å². The smallest absolute Gasteiger partial charge is 0.0619 e. The van der Waals surface area contributed by atoms with Crippen LogP contribution in [0.2, 0.25) is 5.02 Å². The number of aromatic nitrogens is 1. The molecule has 1 atom stereocenters. The molecule has 1 heterocycles. The van der Waals surface area contributed by atoms with Gasteiger partial charge in [0.25, 0.3) is 0 Å². The van der Waals surface area contributed by atoms with E-state index in [2.05, 4.69) is 17.2 Å². The quantitative estimate of drug-likeness (QED) is 0.797. The summed E-state index contributed by atoms with van der Waals surface area (Å²) >= 11 is 5.79. The van der Waals surface area contributed by atoms with Crippen LogP contribution in [0.5, 0.6) is 0 Å². The van der Waals surface area contributed by atoms with Gasteiger partial charge in [-0.3, -0.25) is 4.98 Å². The molecule has 0 aromatic carbocycles. The molecule has 90 valence electrons. The molecule has 1 rings (SSSR count). The van der Waals surface area contributed by atoms with Gasteiger partial charge in [0.1, 0.15) is 0 Å². The van der Waals surface area contributed by atoms with Crippen LogP contribution in [0.4, 0.5) is 0 Å². The van der Waals surface area contributed by atoms with E-state index in [1.165, 1.54) is 0 Å². The van der Waals surface area contributed by atoms with Crippen molar-refractivity contribution in [2.75, 3.05) is 20.3 Å². The minimum absolute atomic E-state index is 0.318. The zero-order valence-corrected chi connectivity index (χ0v) is 10.6. The maximum absolute atomic E-state index is 5.79. The maximum atomic E-state index is 5.79. The topological polar surface area (TPSA) is 34.1 Å². The number of hydrogen-bond acceptors (Lipinski definition) is 3. The monoisotopic (exact) mass is 242 g/mol. The molecule has 16 heavy (non-hydrogen) atoms. The molecule has 4 heteroatoms. The summed E-state index contributed by atoms with van der Waals surface area (Å²) in [7, 11) is 1.72. The Hall–Kier alpha value is -0.640. The first-order valence-corrected chi connectivity index (χ1v) is 5.96. The summed E-state index contributed by atoms with van der Waals surface area (Å²) in [4.78, 5) is 4.28. The van der Waals surface area contributed by atoms with Crippen LogP contribution in [0, 0.1) is 0 Å². The highest BCUT2D eigenvalue weighted by Crippen LogP contribution is 2.08. The molecule has 0 spiro atoms. The predicted molar refractivity (Wildman–Crippen MR) is 66.9 cm³/mol. The molecular formula is C12H19ClN2O. The summed E-state index contributed by atoms with van der Waals surface area (Å²) in [5, 5.41) is 4.11. The Labute approximate surface area is 102 Å². The first-order chi connectivity index (χ1) is 7.76. The Kier molecular flexibility index (Phi) is 6.38. The fourth-order valence-electron chi connectivity index (χ4n) is 1.52. The third-order valence-electron chi connectivity index (χ3n) is 2.30. The van der Waals surface area contributed by atoms with Crippen molar-refractivity contribution in [2.24, 2.45) is 0 Å². The lowest BCUT2D eigenvalue weighted by atomic mass is 10.1. The standard InChI is InChI=1S/C12H19ClN2O/c1-3-6-14-12(9-16-2)7-11-5-4-10(13)8-15-11/h4-5,8,12,14H,3,6-7,9H2,1-2H3. The van der Waals surface area contributed by atoms with Crippen molar-refractivity contribution in [2.45, 2.75) is 25.8 Å². The molecule has 1 N–H and O–H groups in total. The van der Waals surface area contributed by atoms with Crippen LogP contribution in [0.1, 0.15) is 19.0 Å². The van der Waals surface area contributed by atoms with Gasteiger partial charge in [-0.2, -0.15) is 0 Å². The normalized spacial score (nSPS) is 12.7. The molecule has 0 aliphatic carbocycles. The maximum Gasteiger partial charge on any atom is 0.0619 e. The molecule has 1 aromatic rings. The third-order valence-corrected chi connectivity index (χ3v) is 2.52. The Morgan fingerprint density at radius 3 is 2.88 bits per heavy atom. The summed E-state index contributed by atoms with van der Waals surface area (Å²) in [5.41, 5.74) is 1.04. The molecule has 0 aliphatic heterocycles. The van der Waals surface area contributed by atoms with Crippen molar-refractivity contribution in [1.29, 1.82) is 0 Å². The van der Waals surface area contributed by atoms with Gasteiger partial charge in [0, 0.05) is 31.5 Å². The van der Waals surface area contributed by atoms with E-state index in [1.54, 1.807) is 13.3 Å². The van der Waals surface area contributed by atoms with E-state index in [1.807, 2.05) is 12.1 Å². The van der Waals surface area contributed by atoms with Crippen LogP contribution in [0.25, 0.3) is 0 Å². The van der Waals surface area contributed by atoms with Gasteiger partial charge >= 0.3 is 0 Å². The number of halogens is 1. The Bertz CT molecular complexity index is 290. The molecule has 0 bridgehead atoms. The Morgan fingerprint density at radius 1 is 1.50 bits per heavy atom. The molecule has 0 saturated carbocycles. The first kappa shape index (κ1) is 13.4. The molecule has 0 amide bonds. The number of nitrogens with one attached hydrogen (secondary N) is 1. The largest absolute Gasteiger partial charge is 0.383 e. The second-order valence-corrected chi connectivity index (χ2v) is 4.21. The highest BCUT2D eigenvalue weighted by atomic mass is 35.5. The van der Waals surface area contributed by atoms with E-state index < -0.39 is 0 Å². The molecule has 1 aromatic heterocycles. The molecule has 0 fully saturated rings. The average molecular weight is 243 g/mol. The van der Waals surface area contributed by atoms with Gasteiger partial charge in [0.05, 0.1) is 11.6 Å². The second-order valence-electron chi connectivity index (χ2n) is 3.78. The summed E-state index contributed by atoms with van der Waals surface area (Å²) in [6.07, 6.45) is 3.67. The van der Waals surface area contributed by atoms with Crippen molar-refractivity contribution in [3.05, 3.63) is 29.0 Å². The number of methoxy groups -OCH3 is 1. The van der Waals surface area contributed by atoms with Crippen LogP contribution < -0.4 is 5.32 Å². The van der Waals surface area contributed by atoms with Crippen molar-refractivity contribution < 1.29 is 4.74 Å². The molecule has 1 unspecified atom stereocenters. The highest BCUT2D eigenvalue weighted by molar-refractivity contribution is 6.30. The van der Waals surface area contributed by atoms with Gasteiger partial charge < -0.3 is 10.1 Å². The molecule has 0 saturated heterocycles. The van der Waals surface area contributed by atoms with Gasteiger partial charge in [0.15, 0.2) is 0 Å². The lowest BCUT2D eigenvalue weighted by molar-refractivity contribution is 0.165. The zero-order chi connectivity index (χ0) is 11.8. The SMILES string of the molecule is CCCNC(COC)Cc1ccc(Cl)cn1. The van der Waals surface area contributed by atoms with Gasteiger partial charge in [-0.05, 0) is 25.1 Å². The molecule has 0 aliphatic rings. The van der Waals surface area contributed by atoms with E-state index in [4.69, 9.17) is 16.3 Å². The Balaban J connectivity index is 2.49. The zero-order valence-electron chi connectivity index (χ0n) is 9.87. The van der Waals surface area contributed by atoms with E-state index >= 15 is 0 Å². The van der Waals surface area contributed by atoms with Gasteiger partial charge in [0.2, 0.25) is 0 Å². The van der Waals surface area contributed by atoms with Gasteiger partial charge in [-0.25, -0.2) is 0 Å². The van der Waals surface area contributed by atoms with E-state index in [9.17, 15) is 0 Å². The van der Waals surface area contributed by atoms with Crippen molar-refractivity contribution >= 4 is 11.6 Å². The van der Waals surface area contributed by atoms with Crippen molar-refractivity contribution in [3.63, 3.8) is 0 Å². The van der Waals surface area contributed by atoms with E-state index in [-0.39, 0.29) is 0 Å². The van der Waals surface area contributed by atoms with Crippen molar-refractivity contribution in [3.8, 4) is 0 Å². The minimum atomic E-state index is 0.318. The number of pyridine rings is 1. The van der Waals surface area contributed by atoms with Crippen LogP contribution in [0.15, 0.2) is 18.3 Å². The fraction of sp³-hybridized carbons (Fsp3) is 0.583. The van der Waals surface area contributed by atoms with Crippen LogP contribution in [-0.2, 0) is 11.2 Å². The number of hydrogen-bond donors (Lipinski definition) is 1. The average Bonchev–Trinajstić information content (AvgIpc) is 2.29. The summed E-state index contributed by atoms with van der Waals surface area (Å²) in [6, 6.07) is 4.14. The highest BCUT2D eigenvalue weighted by Gasteiger charge is 2.08. The third kappa shape index (κ3) is 4.92. The van der Waals surface area contributed by atoms with Crippen LogP contribution >= 0.6 is 11.6 Å². The molecule has 3 nitrogen and oxygen atoms in total. The lowest BCUT2D eigenvalue weighted by Crippen LogP contribution is -2.35. The second kappa shape index (κ2) is 7.60. The number of nitrogens with zero attached hydrogens (tertiary/aromatic N) is 1. The fourth-order valence-corrected chi connectivity index (χ4v) is 1.63. The minimum Gasteiger partial charge on any atom is -0.383 e. The number of rotatable bonds is 7. The lowest BCUT2D eigenvalue weighted by Gasteiger charge is -2.17. The summed E-state index contributed by atoms with van der Waals surface area (Å²) in [6.45, 7) is 3.85. The number of ether oxygens (including phenoxy) is 1. The van der Waals surface area contributed by atoms with E-state index in [0.29, 0.717) is 17.7 Å². The molecule has 0 radical (unpaired) electrons.